The third-order valence-corrected chi connectivity index (χ3v) is 4.84. The van der Waals surface area contributed by atoms with Gasteiger partial charge in [0.15, 0.2) is 11.5 Å². The summed E-state index contributed by atoms with van der Waals surface area (Å²) in [6.45, 7) is 1.13. The molecule has 1 N–H and O–H groups in total. The molecule has 0 radical (unpaired) electrons. The molecule has 130 valence electrons. The summed E-state index contributed by atoms with van der Waals surface area (Å²) >= 11 is 6.25. The summed E-state index contributed by atoms with van der Waals surface area (Å²) in [6.07, 6.45) is 1.43. The number of rotatable bonds is 3. The molecule has 25 heavy (non-hydrogen) atoms. The molecule has 1 heterocycles. The second-order valence-corrected chi connectivity index (χ2v) is 6.70. The molecular formula is C19H17ClFNO3. The number of halogens is 2. The maximum atomic E-state index is 13.9. The van der Waals surface area contributed by atoms with Gasteiger partial charge in [-0.1, -0.05) is 29.8 Å². The number of hydrogen-bond donors (Lipinski definition) is 1. The maximum absolute atomic E-state index is 13.9. The van der Waals surface area contributed by atoms with Crippen LogP contribution in [0.15, 0.2) is 36.4 Å². The fraction of sp³-hybridized carbons (Fsp3) is 0.316. The van der Waals surface area contributed by atoms with Gasteiger partial charge in [-0.15, -0.1) is 0 Å². The van der Waals surface area contributed by atoms with Crippen molar-refractivity contribution in [2.24, 2.45) is 5.92 Å². The summed E-state index contributed by atoms with van der Waals surface area (Å²) < 4.78 is 25.0. The van der Waals surface area contributed by atoms with Crippen molar-refractivity contribution < 1.29 is 18.7 Å². The van der Waals surface area contributed by atoms with Crippen molar-refractivity contribution in [3.63, 3.8) is 0 Å². The number of nitrogens with one attached hydrogen (secondary N) is 1. The minimum Gasteiger partial charge on any atom is -0.490 e. The molecule has 1 saturated carbocycles. The monoisotopic (exact) mass is 361 g/mol. The number of amides is 1. The zero-order valence-electron chi connectivity index (χ0n) is 13.4. The minimum atomic E-state index is -0.267. The summed E-state index contributed by atoms with van der Waals surface area (Å²) in [5.41, 5.74) is 1.07. The van der Waals surface area contributed by atoms with Gasteiger partial charge in [-0.05, 0) is 24.0 Å². The van der Waals surface area contributed by atoms with Crippen LogP contribution >= 0.6 is 11.6 Å². The van der Waals surface area contributed by atoms with Crippen LogP contribution in [0.4, 0.5) is 10.1 Å². The third-order valence-electron chi connectivity index (χ3n) is 4.53. The lowest BCUT2D eigenvalue weighted by Crippen LogP contribution is -2.15. The molecule has 6 heteroatoms. The molecule has 0 unspecified atom stereocenters. The quantitative estimate of drug-likeness (QED) is 0.882. The van der Waals surface area contributed by atoms with Crippen LogP contribution in [-0.2, 0) is 4.79 Å². The van der Waals surface area contributed by atoms with Crippen molar-refractivity contribution in [3.05, 3.63) is 52.8 Å². The predicted octanol–water partition coefficient (Wildman–Crippen LogP) is 4.38. The minimum absolute atomic E-state index is 0.0830. The van der Waals surface area contributed by atoms with E-state index in [-0.39, 0.29) is 23.6 Å². The van der Waals surface area contributed by atoms with Gasteiger partial charge in [-0.2, -0.15) is 0 Å². The van der Waals surface area contributed by atoms with Crippen LogP contribution in [0.3, 0.4) is 0 Å². The number of hydrogen-bond acceptors (Lipinski definition) is 3. The highest BCUT2D eigenvalue weighted by molar-refractivity contribution is 6.34. The number of carbonyl (C=O) groups is 1. The molecule has 2 atom stereocenters. The Bertz CT molecular complexity index is 826. The van der Waals surface area contributed by atoms with Crippen LogP contribution in [0.1, 0.15) is 24.3 Å². The van der Waals surface area contributed by atoms with Crippen LogP contribution in [0, 0.1) is 11.7 Å². The van der Waals surface area contributed by atoms with E-state index in [1.54, 1.807) is 30.3 Å². The van der Waals surface area contributed by atoms with Gasteiger partial charge in [0.05, 0.1) is 23.9 Å². The van der Waals surface area contributed by atoms with Crippen molar-refractivity contribution >= 4 is 23.2 Å². The molecule has 1 aliphatic heterocycles. The predicted molar refractivity (Wildman–Crippen MR) is 92.9 cm³/mol. The highest BCUT2D eigenvalue weighted by atomic mass is 35.5. The third kappa shape index (κ3) is 3.29. The van der Waals surface area contributed by atoms with Crippen LogP contribution in [0.2, 0.25) is 5.02 Å². The molecule has 2 aromatic carbocycles. The molecule has 0 spiro atoms. The summed E-state index contributed by atoms with van der Waals surface area (Å²) in [5.74, 6) is 0.389. The van der Waals surface area contributed by atoms with E-state index in [0.717, 1.165) is 6.42 Å². The molecule has 1 amide bonds. The maximum Gasteiger partial charge on any atom is 0.228 e. The number of carbonyl (C=O) groups excluding carboxylic acids is 1. The first-order valence-corrected chi connectivity index (χ1v) is 8.65. The smallest absolute Gasteiger partial charge is 0.228 e. The van der Waals surface area contributed by atoms with E-state index in [9.17, 15) is 9.18 Å². The largest absolute Gasteiger partial charge is 0.490 e. The fourth-order valence-corrected chi connectivity index (χ4v) is 3.31. The zero-order valence-corrected chi connectivity index (χ0v) is 14.2. The van der Waals surface area contributed by atoms with Gasteiger partial charge >= 0.3 is 0 Å². The van der Waals surface area contributed by atoms with Crippen molar-refractivity contribution in [2.45, 2.75) is 18.8 Å². The van der Waals surface area contributed by atoms with Crippen LogP contribution in [0.5, 0.6) is 11.5 Å². The average Bonchev–Trinajstić information content (AvgIpc) is 3.40. The normalized spacial score (nSPS) is 21.4. The van der Waals surface area contributed by atoms with E-state index in [4.69, 9.17) is 21.1 Å². The number of ether oxygens (including phenoxy) is 2. The van der Waals surface area contributed by atoms with Gasteiger partial charge in [0.2, 0.25) is 5.91 Å². The van der Waals surface area contributed by atoms with Gasteiger partial charge in [0.1, 0.15) is 5.82 Å². The molecule has 1 aliphatic carbocycles. The second kappa shape index (κ2) is 6.56. The van der Waals surface area contributed by atoms with E-state index in [2.05, 4.69) is 5.32 Å². The van der Waals surface area contributed by atoms with Crippen molar-refractivity contribution in [3.8, 4) is 11.5 Å². The Balaban J connectivity index is 1.49. The molecule has 4 nitrogen and oxygen atoms in total. The van der Waals surface area contributed by atoms with Crippen LogP contribution < -0.4 is 14.8 Å². The fourth-order valence-electron chi connectivity index (χ4n) is 3.11. The van der Waals surface area contributed by atoms with Gasteiger partial charge in [-0.25, -0.2) is 4.39 Å². The molecular weight excluding hydrogens is 345 g/mol. The summed E-state index contributed by atoms with van der Waals surface area (Å²) in [6, 6.07) is 9.91. The summed E-state index contributed by atoms with van der Waals surface area (Å²) in [7, 11) is 0. The van der Waals surface area contributed by atoms with Gasteiger partial charge in [0, 0.05) is 24.5 Å². The first-order valence-electron chi connectivity index (χ1n) is 8.28. The molecule has 2 aromatic rings. The lowest BCUT2D eigenvalue weighted by molar-refractivity contribution is -0.117. The SMILES string of the molecule is O=C(Nc1cc2c(cc1Cl)OCCCO2)[C@H]1C[C@H]1c1ccccc1F. The average molecular weight is 362 g/mol. The van der Waals surface area contributed by atoms with E-state index >= 15 is 0 Å². The summed E-state index contributed by atoms with van der Waals surface area (Å²) in [4.78, 5) is 12.5. The Morgan fingerprint density at radius 2 is 1.88 bits per heavy atom. The number of fused-ring (bicyclic) bond motifs is 1. The van der Waals surface area contributed by atoms with Gasteiger partial charge in [-0.3, -0.25) is 4.79 Å². The van der Waals surface area contributed by atoms with Crippen molar-refractivity contribution in [1.29, 1.82) is 0 Å². The first-order chi connectivity index (χ1) is 12.1. The molecule has 0 saturated heterocycles. The lowest BCUT2D eigenvalue weighted by atomic mass is 10.1. The second-order valence-electron chi connectivity index (χ2n) is 6.29. The zero-order chi connectivity index (χ0) is 17.4. The van der Waals surface area contributed by atoms with E-state index in [1.165, 1.54) is 6.07 Å². The van der Waals surface area contributed by atoms with Gasteiger partial charge in [0.25, 0.3) is 0 Å². The van der Waals surface area contributed by atoms with E-state index in [1.807, 2.05) is 0 Å². The highest BCUT2D eigenvalue weighted by Crippen LogP contribution is 2.49. The Morgan fingerprint density at radius 3 is 2.64 bits per heavy atom. The van der Waals surface area contributed by atoms with Gasteiger partial charge < -0.3 is 14.8 Å². The Kier molecular flexibility index (Phi) is 4.25. The van der Waals surface area contributed by atoms with Crippen LogP contribution in [-0.4, -0.2) is 19.1 Å². The van der Waals surface area contributed by atoms with Crippen LogP contribution in [0.25, 0.3) is 0 Å². The Hall–Kier alpha value is -2.27. The first kappa shape index (κ1) is 16.2. The van der Waals surface area contributed by atoms with Crippen molar-refractivity contribution in [1.82, 2.24) is 0 Å². The highest BCUT2D eigenvalue weighted by Gasteiger charge is 2.45. The Morgan fingerprint density at radius 1 is 1.16 bits per heavy atom. The molecule has 0 aromatic heterocycles. The molecule has 4 rings (SSSR count). The standard InChI is InChI=1S/C19H17ClFNO3/c20-14-9-17-18(25-7-3-6-24-17)10-16(14)22-19(23)13-8-12(13)11-4-1-2-5-15(11)21/h1-2,4-5,9-10,12-13H,3,6-8H2,(H,22,23)/t12-,13-/m0/s1. The topological polar surface area (TPSA) is 47.6 Å². The molecule has 1 fully saturated rings. The number of benzene rings is 2. The summed E-state index contributed by atoms with van der Waals surface area (Å²) in [5, 5.41) is 3.22. The van der Waals surface area contributed by atoms with E-state index in [0.29, 0.717) is 47.4 Å². The Labute approximate surface area is 149 Å². The molecule has 0 bridgehead atoms. The lowest BCUT2D eigenvalue weighted by Gasteiger charge is -2.12. The molecule has 2 aliphatic rings. The van der Waals surface area contributed by atoms with Crippen molar-refractivity contribution in [2.75, 3.05) is 18.5 Å². The number of anilines is 1. The van der Waals surface area contributed by atoms with E-state index < -0.39 is 0 Å².